The van der Waals surface area contributed by atoms with E-state index >= 15 is 0 Å². The second-order valence-corrected chi connectivity index (χ2v) is 6.66. The summed E-state index contributed by atoms with van der Waals surface area (Å²) < 4.78 is 24.8. The largest absolute Gasteiger partial charge is 0.394 e. The zero-order valence-electron chi connectivity index (χ0n) is 13.9. The van der Waals surface area contributed by atoms with Crippen LogP contribution in [0.3, 0.4) is 0 Å². The molecule has 24 heavy (non-hydrogen) atoms. The van der Waals surface area contributed by atoms with Gasteiger partial charge in [0.2, 0.25) is 0 Å². The molecule has 0 aromatic carbocycles. The third-order valence-electron chi connectivity index (χ3n) is 4.08. The standard InChI is InChI=1S/C15H22N2O6S/c1-4-20-7-8-5-17(14(24)16-12(8)19)13-11-10(9(6-18)21-13)22-15(2,3)23-11/h5,9-11,13,18H,4,6-7H2,1-3H3,(H,16,19,24)/t9-,10-,11-,13-/m1/s1. The molecule has 2 aliphatic heterocycles. The highest BCUT2D eigenvalue weighted by atomic mass is 32.1. The van der Waals surface area contributed by atoms with Gasteiger partial charge in [0, 0.05) is 12.8 Å². The Bertz CT molecular complexity index is 715. The Balaban J connectivity index is 1.96. The lowest BCUT2D eigenvalue weighted by molar-refractivity contribution is -0.200. The van der Waals surface area contributed by atoms with Gasteiger partial charge in [-0.1, -0.05) is 0 Å². The summed E-state index contributed by atoms with van der Waals surface area (Å²) in [7, 11) is 0. The van der Waals surface area contributed by atoms with Crippen molar-refractivity contribution in [3.8, 4) is 0 Å². The van der Waals surface area contributed by atoms with Crippen LogP contribution >= 0.6 is 12.2 Å². The number of aromatic nitrogens is 2. The molecule has 1 aromatic rings. The van der Waals surface area contributed by atoms with Gasteiger partial charge in [0.25, 0.3) is 5.56 Å². The predicted octanol–water partition coefficient (Wildman–Crippen LogP) is 0.852. The van der Waals surface area contributed by atoms with Crippen LogP contribution in [0.25, 0.3) is 0 Å². The van der Waals surface area contributed by atoms with E-state index in [2.05, 4.69) is 4.98 Å². The lowest BCUT2D eigenvalue weighted by Crippen LogP contribution is -2.31. The van der Waals surface area contributed by atoms with Gasteiger partial charge >= 0.3 is 0 Å². The van der Waals surface area contributed by atoms with Crippen LogP contribution in [0.4, 0.5) is 0 Å². The van der Waals surface area contributed by atoms with E-state index in [9.17, 15) is 9.90 Å². The highest BCUT2D eigenvalue weighted by Gasteiger charge is 2.55. The molecule has 0 bridgehead atoms. The minimum absolute atomic E-state index is 0.175. The number of nitrogens with zero attached hydrogens (tertiary/aromatic N) is 1. The van der Waals surface area contributed by atoms with Gasteiger partial charge in [0.05, 0.1) is 18.8 Å². The summed E-state index contributed by atoms with van der Waals surface area (Å²) in [6.07, 6.45) is -0.342. The quantitative estimate of drug-likeness (QED) is 0.754. The van der Waals surface area contributed by atoms with Crippen molar-refractivity contribution in [2.45, 2.75) is 57.7 Å². The molecule has 2 saturated heterocycles. The van der Waals surface area contributed by atoms with Crippen molar-refractivity contribution in [1.82, 2.24) is 9.55 Å². The normalized spacial score (nSPS) is 31.3. The molecule has 0 unspecified atom stereocenters. The number of fused-ring (bicyclic) bond motifs is 1. The number of aliphatic hydroxyl groups excluding tert-OH is 1. The minimum atomic E-state index is -0.775. The first-order valence-corrected chi connectivity index (χ1v) is 8.31. The second kappa shape index (κ2) is 6.66. The van der Waals surface area contributed by atoms with Crippen LogP contribution in [-0.2, 0) is 25.6 Å². The summed E-state index contributed by atoms with van der Waals surface area (Å²) in [5, 5.41) is 9.56. The molecule has 8 nitrogen and oxygen atoms in total. The fraction of sp³-hybridized carbons (Fsp3) is 0.733. The molecule has 2 N–H and O–H groups in total. The molecule has 2 fully saturated rings. The number of hydrogen-bond donors (Lipinski definition) is 2. The van der Waals surface area contributed by atoms with Gasteiger partial charge in [-0.05, 0) is 33.0 Å². The molecule has 3 heterocycles. The van der Waals surface area contributed by atoms with Crippen LogP contribution in [0.5, 0.6) is 0 Å². The van der Waals surface area contributed by atoms with Crippen molar-refractivity contribution in [3.63, 3.8) is 0 Å². The summed E-state index contributed by atoms with van der Waals surface area (Å²) in [5.74, 6) is -0.775. The fourth-order valence-corrected chi connectivity index (χ4v) is 3.31. The van der Waals surface area contributed by atoms with Gasteiger partial charge in [-0.3, -0.25) is 14.3 Å². The Morgan fingerprint density at radius 2 is 2.12 bits per heavy atom. The van der Waals surface area contributed by atoms with E-state index in [1.54, 1.807) is 10.8 Å². The first-order chi connectivity index (χ1) is 11.4. The van der Waals surface area contributed by atoms with E-state index < -0.39 is 30.3 Å². The van der Waals surface area contributed by atoms with Crippen LogP contribution in [-0.4, -0.2) is 52.0 Å². The van der Waals surface area contributed by atoms with Crippen LogP contribution in [0, 0.1) is 4.77 Å². The molecule has 3 rings (SSSR count). The summed E-state index contributed by atoms with van der Waals surface area (Å²) in [6.45, 7) is 5.95. The number of hydrogen-bond acceptors (Lipinski definition) is 7. The van der Waals surface area contributed by atoms with Gasteiger partial charge in [0.1, 0.15) is 18.3 Å². The van der Waals surface area contributed by atoms with Crippen LogP contribution in [0.15, 0.2) is 11.0 Å². The van der Waals surface area contributed by atoms with Crippen LogP contribution in [0.1, 0.15) is 32.6 Å². The van der Waals surface area contributed by atoms with Crippen molar-refractivity contribution < 1.29 is 24.1 Å². The van der Waals surface area contributed by atoms with Crippen LogP contribution in [0.2, 0.25) is 0 Å². The molecule has 4 atom stereocenters. The maximum atomic E-state index is 12.0. The Morgan fingerprint density at radius 3 is 2.79 bits per heavy atom. The van der Waals surface area contributed by atoms with Crippen molar-refractivity contribution >= 4 is 12.2 Å². The molecule has 134 valence electrons. The maximum absolute atomic E-state index is 12.0. The lowest BCUT2D eigenvalue weighted by Gasteiger charge is -2.25. The number of nitrogens with one attached hydrogen (secondary N) is 1. The number of H-pyrrole nitrogens is 1. The molecule has 0 amide bonds. The fourth-order valence-electron chi connectivity index (χ4n) is 3.06. The summed E-state index contributed by atoms with van der Waals surface area (Å²) in [6, 6.07) is 0. The van der Waals surface area contributed by atoms with Crippen molar-refractivity contribution in [2.24, 2.45) is 0 Å². The first kappa shape index (κ1) is 17.7. The molecule has 0 saturated carbocycles. The highest BCUT2D eigenvalue weighted by molar-refractivity contribution is 7.71. The Hall–Kier alpha value is -1.10. The number of ether oxygens (including phenoxy) is 4. The van der Waals surface area contributed by atoms with E-state index in [0.29, 0.717) is 12.2 Å². The van der Waals surface area contributed by atoms with Gasteiger partial charge in [-0.2, -0.15) is 0 Å². The topological polar surface area (TPSA) is 94.9 Å². The van der Waals surface area contributed by atoms with Crippen molar-refractivity contribution in [2.75, 3.05) is 13.2 Å². The highest BCUT2D eigenvalue weighted by Crippen LogP contribution is 2.42. The van der Waals surface area contributed by atoms with Crippen LogP contribution < -0.4 is 5.56 Å². The zero-order chi connectivity index (χ0) is 17.5. The SMILES string of the molecule is CCOCc1cn([C@@H]2O[C@H](CO)[C@H]3OC(C)(C)O[C@H]32)c(=S)[nH]c1=O. The third-order valence-corrected chi connectivity index (χ3v) is 4.40. The summed E-state index contributed by atoms with van der Waals surface area (Å²) >= 11 is 5.27. The third kappa shape index (κ3) is 3.19. The number of aromatic amines is 1. The van der Waals surface area contributed by atoms with E-state index in [-0.39, 0.29) is 23.5 Å². The van der Waals surface area contributed by atoms with E-state index in [0.717, 1.165) is 0 Å². The van der Waals surface area contributed by atoms with Crippen molar-refractivity contribution in [1.29, 1.82) is 0 Å². The van der Waals surface area contributed by atoms with E-state index in [1.807, 2.05) is 20.8 Å². The summed E-state index contributed by atoms with van der Waals surface area (Å²) in [5.41, 5.74) is 0.151. The zero-order valence-corrected chi connectivity index (χ0v) is 14.7. The second-order valence-electron chi connectivity index (χ2n) is 6.27. The van der Waals surface area contributed by atoms with Gasteiger partial charge in [-0.15, -0.1) is 0 Å². The molecule has 1 aromatic heterocycles. The monoisotopic (exact) mass is 358 g/mol. The van der Waals surface area contributed by atoms with Gasteiger partial charge in [-0.25, -0.2) is 0 Å². The Kier molecular flexibility index (Phi) is 4.92. The van der Waals surface area contributed by atoms with E-state index in [4.69, 9.17) is 31.2 Å². The molecular formula is C15H22N2O6S. The Morgan fingerprint density at radius 1 is 1.42 bits per heavy atom. The molecule has 0 spiro atoms. The number of rotatable bonds is 5. The van der Waals surface area contributed by atoms with Crippen molar-refractivity contribution in [3.05, 3.63) is 26.9 Å². The maximum Gasteiger partial charge on any atom is 0.257 e. The minimum Gasteiger partial charge on any atom is -0.394 e. The van der Waals surface area contributed by atoms with E-state index in [1.165, 1.54) is 0 Å². The molecule has 2 aliphatic rings. The van der Waals surface area contributed by atoms with Gasteiger partial charge in [0.15, 0.2) is 16.8 Å². The molecular weight excluding hydrogens is 336 g/mol. The predicted molar refractivity (Wildman–Crippen MR) is 86.0 cm³/mol. The van der Waals surface area contributed by atoms with Gasteiger partial charge < -0.3 is 24.1 Å². The molecule has 0 radical (unpaired) electrons. The summed E-state index contributed by atoms with van der Waals surface area (Å²) in [4.78, 5) is 14.6. The smallest absolute Gasteiger partial charge is 0.257 e. The Labute approximate surface area is 144 Å². The molecule has 9 heteroatoms. The average Bonchev–Trinajstić information content (AvgIpc) is 2.99. The average molecular weight is 358 g/mol. The first-order valence-electron chi connectivity index (χ1n) is 7.90. The lowest BCUT2D eigenvalue weighted by atomic mass is 10.1. The molecule has 0 aliphatic carbocycles. The number of aliphatic hydroxyl groups is 1.